The lowest BCUT2D eigenvalue weighted by Gasteiger charge is -2.28. The minimum Gasteiger partial charge on any atom is -0.488 e. The second kappa shape index (κ2) is 8.17. The maximum atomic E-state index is 11.8. The Morgan fingerprint density at radius 3 is 2.36 bits per heavy atom. The number of carbonyl (C=O) groups excluding carboxylic acids is 1. The summed E-state index contributed by atoms with van der Waals surface area (Å²) in [5.74, 6) is 0.0603. The Labute approximate surface area is 149 Å². The summed E-state index contributed by atoms with van der Waals surface area (Å²) >= 11 is 0. The Kier molecular flexibility index (Phi) is 6.21. The molecule has 0 aromatic heterocycles. The monoisotopic (exact) mass is 342 g/mol. The summed E-state index contributed by atoms with van der Waals surface area (Å²) in [4.78, 5) is 15.8. The Morgan fingerprint density at radius 1 is 1.12 bits per heavy atom. The van der Waals surface area contributed by atoms with Crippen molar-refractivity contribution >= 4 is 5.97 Å². The van der Waals surface area contributed by atoms with E-state index in [1.54, 1.807) is 12.1 Å². The highest BCUT2D eigenvalue weighted by Gasteiger charge is 2.27. The van der Waals surface area contributed by atoms with Gasteiger partial charge in [0, 0.05) is 5.56 Å². The lowest BCUT2D eigenvalue weighted by molar-refractivity contribution is -0.182. The molecular formula is C21H26O4. The summed E-state index contributed by atoms with van der Waals surface area (Å²) < 4.78 is 6.19. The third kappa shape index (κ3) is 4.40. The van der Waals surface area contributed by atoms with Crippen LogP contribution < -0.4 is 4.74 Å². The second-order valence-corrected chi connectivity index (χ2v) is 6.76. The molecule has 134 valence electrons. The summed E-state index contributed by atoms with van der Waals surface area (Å²) in [6.07, 6.45) is 1.60. The third-order valence-electron chi connectivity index (χ3n) is 4.70. The van der Waals surface area contributed by atoms with Crippen molar-refractivity contribution < 1.29 is 19.7 Å². The molecule has 25 heavy (non-hydrogen) atoms. The van der Waals surface area contributed by atoms with Gasteiger partial charge in [0.2, 0.25) is 0 Å². The van der Waals surface area contributed by atoms with Gasteiger partial charge in [-0.2, -0.15) is 5.26 Å². The SMILES string of the molecule is CCc1cc(C(=O)OO)cc(C(C)(C)CC)c1OCc1ccccc1. The fraction of sp³-hybridized carbons (Fsp3) is 0.381. The summed E-state index contributed by atoms with van der Waals surface area (Å²) in [7, 11) is 0. The first-order valence-corrected chi connectivity index (χ1v) is 8.62. The van der Waals surface area contributed by atoms with Crippen molar-refractivity contribution in [3.05, 3.63) is 64.7 Å². The molecule has 1 N–H and O–H groups in total. The number of rotatable bonds is 7. The van der Waals surface area contributed by atoms with Gasteiger partial charge < -0.3 is 4.74 Å². The Balaban J connectivity index is 2.49. The largest absolute Gasteiger partial charge is 0.488 e. The Bertz CT molecular complexity index is 720. The van der Waals surface area contributed by atoms with E-state index < -0.39 is 5.97 Å². The molecule has 0 saturated heterocycles. The van der Waals surface area contributed by atoms with Gasteiger partial charge >= 0.3 is 5.97 Å². The molecule has 2 rings (SSSR count). The highest BCUT2D eigenvalue weighted by atomic mass is 17.1. The van der Waals surface area contributed by atoms with Crippen molar-refractivity contribution in [1.29, 1.82) is 0 Å². The van der Waals surface area contributed by atoms with Gasteiger partial charge in [-0.15, -0.1) is 0 Å². The van der Waals surface area contributed by atoms with Crippen LogP contribution in [0.5, 0.6) is 5.75 Å². The Morgan fingerprint density at radius 2 is 1.80 bits per heavy atom. The molecule has 0 aliphatic carbocycles. The maximum absolute atomic E-state index is 11.8. The summed E-state index contributed by atoms with van der Waals surface area (Å²) in [5, 5.41) is 8.74. The molecule has 0 aliphatic rings. The molecule has 0 radical (unpaired) electrons. The van der Waals surface area contributed by atoms with Gasteiger partial charge in [0.05, 0.1) is 5.56 Å². The van der Waals surface area contributed by atoms with Crippen molar-refractivity contribution in [2.45, 2.75) is 52.6 Å². The number of aryl methyl sites for hydroxylation is 1. The highest BCUT2D eigenvalue weighted by molar-refractivity contribution is 5.90. The first-order chi connectivity index (χ1) is 11.9. The summed E-state index contributed by atoms with van der Waals surface area (Å²) in [5.41, 5.74) is 3.12. The molecule has 0 bridgehead atoms. The molecule has 4 heteroatoms. The predicted octanol–water partition coefficient (Wildman–Crippen LogP) is 5.15. The molecule has 0 atom stereocenters. The zero-order valence-electron chi connectivity index (χ0n) is 15.3. The molecule has 0 unspecified atom stereocenters. The van der Waals surface area contributed by atoms with E-state index in [-0.39, 0.29) is 5.41 Å². The van der Waals surface area contributed by atoms with E-state index in [2.05, 4.69) is 25.7 Å². The van der Waals surface area contributed by atoms with Crippen LogP contribution in [0.4, 0.5) is 0 Å². The van der Waals surface area contributed by atoms with E-state index in [9.17, 15) is 4.79 Å². The topological polar surface area (TPSA) is 55.8 Å². The van der Waals surface area contributed by atoms with Crippen molar-refractivity contribution in [3.63, 3.8) is 0 Å². The molecule has 4 nitrogen and oxygen atoms in total. The molecule has 0 heterocycles. The quantitative estimate of drug-likeness (QED) is 0.559. The van der Waals surface area contributed by atoms with Gasteiger partial charge in [-0.25, -0.2) is 4.79 Å². The van der Waals surface area contributed by atoms with E-state index in [0.717, 1.165) is 28.9 Å². The molecule has 0 aliphatic heterocycles. The van der Waals surface area contributed by atoms with Crippen molar-refractivity contribution in [1.82, 2.24) is 0 Å². The molecule has 2 aromatic rings. The third-order valence-corrected chi connectivity index (χ3v) is 4.70. The van der Waals surface area contributed by atoms with E-state index in [1.807, 2.05) is 37.3 Å². The molecule has 0 spiro atoms. The number of hydrogen-bond donors (Lipinski definition) is 1. The van der Waals surface area contributed by atoms with Crippen molar-refractivity contribution in [3.8, 4) is 5.75 Å². The van der Waals surface area contributed by atoms with Gasteiger partial charge in [0.1, 0.15) is 12.4 Å². The van der Waals surface area contributed by atoms with Crippen LogP contribution in [0.1, 0.15) is 61.2 Å². The molecule has 0 fully saturated rings. The average Bonchev–Trinajstić information content (AvgIpc) is 2.65. The maximum Gasteiger partial charge on any atom is 0.372 e. The van der Waals surface area contributed by atoms with Gasteiger partial charge in [-0.1, -0.05) is 58.0 Å². The molecule has 0 amide bonds. The Hall–Kier alpha value is -2.33. The van der Waals surface area contributed by atoms with Gasteiger partial charge in [-0.05, 0) is 41.5 Å². The van der Waals surface area contributed by atoms with Crippen LogP contribution in [-0.2, 0) is 23.3 Å². The average molecular weight is 342 g/mol. The fourth-order valence-corrected chi connectivity index (χ4v) is 2.72. The van der Waals surface area contributed by atoms with Crippen molar-refractivity contribution in [2.24, 2.45) is 0 Å². The minimum atomic E-state index is -0.752. The minimum absolute atomic E-state index is 0.179. The second-order valence-electron chi connectivity index (χ2n) is 6.76. The van der Waals surface area contributed by atoms with Crippen LogP contribution in [0.15, 0.2) is 42.5 Å². The summed E-state index contributed by atoms with van der Waals surface area (Å²) in [6.45, 7) is 8.81. The van der Waals surface area contributed by atoms with Crippen LogP contribution in [0.3, 0.4) is 0 Å². The van der Waals surface area contributed by atoms with E-state index in [0.29, 0.717) is 18.6 Å². The van der Waals surface area contributed by atoms with Gasteiger partial charge in [-0.3, -0.25) is 4.89 Å². The van der Waals surface area contributed by atoms with Crippen molar-refractivity contribution in [2.75, 3.05) is 0 Å². The predicted molar refractivity (Wildman–Crippen MR) is 98.0 cm³/mol. The normalized spacial score (nSPS) is 11.2. The van der Waals surface area contributed by atoms with E-state index in [4.69, 9.17) is 9.99 Å². The van der Waals surface area contributed by atoms with Crippen LogP contribution in [0.2, 0.25) is 0 Å². The van der Waals surface area contributed by atoms with Crippen LogP contribution in [-0.4, -0.2) is 11.2 Å². The number of ether oxygens (including phenoxy) is 1. The zero-order chi connectivity index (χ0) is 18.4. The highest BCUT2D eigenvalue weighted by Crippen LogP contribution is 2.38. The van der Waals surface area contributed by atoms with Crippen LogP contribution in [0, 0.1) is 0 Å². The molecular weight excluding hydrogens is 316 g/mol. The fourth-order valence-electron chi connectivity index (χ4n) is 2.72. The smallest absolute Gasteiger partial charge is 0.372 e. The summed E-state index contributed by atoms with van der Waals surface area (Å²) in [6, 6.07) is 13.5. The number of hydrogen-bond acceptors (Lipinski definition) is 4. The molecule has 2 aromatic carbocycles. The first-order valence-electron chi connectivity index (χ1n) is 8.62. The van der Waals surface area contributed by atoms with E-state index in [1.165, 1.54) is 0 Å². The molecule has 0 saturated carbocycles. The first kappa shape index (κ1) is 19.0. The van der Waals surface area contributed by atoms with Crippen LogP contribution in [0.25, 0.3) is 0 Å². The number of benzene rings is 2. The van der Waals surface area contributed by atoms with Gasteiger partial charge in [0.25, 0.3) is 0 Å². The standard InChI is InChI=1S/C21H26O4/c1-5-16-12-17(20(22)25-23)13-18(21(3,4)6-2)19(16)24-14-15-10-8-7-9-11-15/h7-13,23H,5-6,14H2,1-4H3. The number of carbonyl (C=O) groups is 1. The van der Waals surface area contributed by atoms with E-state index >= 15 is 0 Å². The lowest BCUT2D eigenvalue weighted by atomic mass is 9.79. The van der Waals surface area contributed by atoms with Gasteiger partial charge in [0.15, 0.2) is 0 Å². The zero-order valence-corrected chi connectivity index (χ0v) is 15.3. The van der Waals surface area contributed by atoms with Crippen LogP contribution >= 0.6 is 0 Å². The lowest BCUT2D eigenvalue weighted by Crippen LogP contribution is -2.19.